The van der Waals surface area contributed by atoms with Gasteiger partial charge in [-0.2, -0.15) is 0 Å². The smallest absolute Gasteiger partial charge is 1.00 e. The molecule has 0 atom stereocenters. The van der Waals surface area contributed by atoms with E-state index in [4.69, 9.17) is 5.11 Å². The maximum absolute atomic E-state index is 11.4. The molecule has 0 aromatic heterocycles. The van der Waals surface area contributed by atoms with Gasteiger partial charge in [-0.3, -0.25) is 14.4 Å². The van der Waals surface area contributed by atoms with Crippen LogP contribution in [0.5, 0.6) is 0 Å². The first kappa shape index (κ1) is 14.2. The molecule has 1 aliphatic rings. The average molecular weight is 248 g/mol. The van der Waals surface area contributed by atoms with E-state index in [9.17, 15) is 14.4 Å². The van der Waals surface area contributed by atoms with Crippen LogP contribution in [0.25, 0.3) is 0 Å². The Balaban J connectivity index is 0.00000144. The van der Waals surface area contributed by atoms with E-state index in [0.717, 1.165) is 6.42 Å². The van der Waals surface area contributed by atoms with Crippen molar-refractivity contribution in [3.8, 4) is 0 Å². The average Bonchev–Trinajstić information content (AvgIpc) is 2.45. The molecule has 6 nitrogen and oxygen atoms in total. The van der Waals surface area contributed by atoms with E-state index in [2.05, 4.69) is 5.32 Å². The molecule has 0 fully saturated rings. The number of carbonyl (C=O) groups is 1. The zero-order valence-corrected chi connectivity index (χ0v) is 11.7. The largest absolute Gasteiger partial charge is 1.00 e. The molecule has 0 unspecified atom stereocenters. The third-order valence-electron chi connectivity index (χ3n) is 2.70. The summed E-state index contributed by atoms with van der Waals surface area (Å²) >= 11 is 0. The van der Waals surface area contributed by atoms with Crippen LogP contribution in [0.3, 0.4) is 0 Å². The molecule has 0 saturated carbocycles. The topological polar surface area (TPSA) is 86.7 Å². The van der Waals surface area contributed by atoms with Crippen LogP contribution in [-0.4, -0.2) is 30.7 Å². The number of carboxylic acid groups (broad SMARTS) is 1. The fourth-order valence-electron chi connectivity index (χ4n) is 1.89. The van der Waals surface area contributed by atoms with Crippen molar-refractivity contribution in [3.63, 3.8) is 0 Å². The molecule has 88 valence electrons. The van der Waals surface area contributed by atoms with Gasteiger partial charge in [-0.15, -0.1) is 0 Å². The summed E-state index contributed by atoms with van der Waals surface area (Å²) in [6.07, 6.45) is 0.755. The fraction of sp³-hybridized carbons (Fsp3) is 0.500. The molecule has 0 spiro atoms. The van der Waals surface area contributed by atoms with E-state index in [1.807, 2.05) is 0 Å². The van der Waals surface area contributed by atoms with Crippen LogP contribution < -0.4 is 50.6 Å². The van der Waals surface area contributed by atoms with Gasteiger partial charge in [-0.05, 0) is 6.42 Å². The van der Waals surface area contributed by atoms with Gasteiger partial charge in [0, 0.05) is 19.6 Å². The van der Waals surface area contributed by atoms with Crippen LogP contribution >= 0.6 is 0 Å². The van der Waals surface area contributed by atoms with E-state index in [-0.39, 0.29) is 43.9 Å². The fourth-order valence-corrected chi connectivity index (χ4v) is 1.89. The Morgan fingerprint density at radius 1 is 1.41 bits per heavy atom. The SMILES string of the molecule is O=C(O)CCN1CCCNc2c1c(=O)c2=O.[H-].[Na+]. The molecule has 0 saturated heterocycles. The van der Waals surface area contributed by atoms with Crippen molar-refractivity contribution in [1.29, 1.82) is 0 Å². The molecule has 2 rings (SSSR count). The minimum absolute atomic E-state index is 0. The van der Waals surface area contributed by atoms with E-state index >= 15 is 0 Å². The Kier molecular flexibility index (Phi) is 4.73. The first-order chi connectivity index (χ1) is 7.61. The molecular formula is C10H13N2NaO4. The second-order valence-electron chi connectivity index (χ2n) is 3.79. The van der Waals surface area contributed by atoms with Gasteiger partial charge in [0.05, 0.1) is 6.42 Å². The monoisotopic (exact) mass is 248 g/mol. The quantitative estimate of drug-likeness (QED) is 0.426. The number of anilines is 2. The van der Waals surface area contributed by atoms with Crippen LogP contribution in [-0.2, 0) is 4.79 Å². The molecule has 0 amide bonds. The van der Waals surface area contributed by atoms with Crippen LogP contribution in [0.1, 0.15) is 14.3 Å². The summed E-state index contributed by atoms with van der Waals surface area (Å²) in [5, 5.41) is 11.5. The number of nitrogens with one attached hydrogen (secondary N) is 1. The molecule has 0 radical (unpaired) electrons. The first-order valence-electron chi connectivity index (χ1n) is 5.15. The van der Waals surface area contributed by atoms with Gasteiger partial charge in [0.1, 0.15) is 11.4 Å². The first-order valence-corrected chi connectivity index (χ1v) is 5.15. The van der Waals surface area contributed by atoms with Crippen molar-refractivity contribution >= 4 is 17.3 Å². The molecule has 1 aromatic rings. The number of aliphatic carboxylic acids is 1. The maximum atomic E-state index is 11.4. The summed E-state index contributed by atoms with van der Waals surface area (Å²) in [6.45, 7) is 1.52. The predicted octanol–water partition coefficient (Wildman–Crippen LogP) is -3.50. The summed E-state index contributed by atoms with van der Waals surface area (Å²) in [7, 11) is 0. The van der Waals surface area contributed by atoms with E-state index in [0.29, 0.717) is 24.5 Å². The van der Waals surface area contributed by atoms with E-state index in [1.165, 1.54) is 0 Å². The third-order valence-corrected chi connectivity index (χ3v) is 2.70. The van der Waals surface area contributed by atoms with Gasteiger partial charge in [-0.1, -0.05) is 0 Å². The minimum Gasteiger partial charge on any atom is -1.00 e. The second-order valence-corrected chi connectivity index (χ2v) is 3.79. The van der Waals surface area contributed by atoms with Crippen molar-refractivity contribution < 1.29 is 40.9 Å². The number of hydrogen-bond acceptors (Lipinski definition) is 5. The molecule has 0 aliphatic carbocycles. The van der Waals surface area contributed by atoms with Crippen molar-refractivity contribution in [2.75, 3.05) is 29.9 Å². The molecule has 1 heterocycles. The molecule has 2 N–H and O–H groups in total. The Bertz CT molecular complexity index is 498. The zero-order valence-electron chi connectivity index (χ0n) is 10.7. The molecule has 17 heavy (non-hydrogen) atoms. The molecule has 0 bridgehead atoms. The van der Waals surface area contributed by atoms with Gasteiger partial charge in [0.2, 0.25) is 0 Å². The summed E-state index contributed by atoms with van der Waals surface area (Å²) in [5.74, 6) is -0.905. The second kappa shape index (κ2) is 5.66. The number of carboxylic acids is 1. The number of fused-ring (bicyclic) bond motifs is 1. The van der Waals surface area contributed by atoms with Crippen molar-refractivity contribution in [2.24, 2.45) is 0 Å². The van der Waals surface area contributed by atoms with Crippen molar-refractivity contribution in [1.82, 2.24) is 0 Å². The van der Waals surface area contributed by atoms with Gasteiger partial charge in [0.15, 0.2) is 0 Å². The molecular weight excluding hydrogens is 235 g/mol. The summed E-state index contributed by atoms with van der Waals surface area (Å²) in [5.41, 5.74) is -0.274. The van der Waals surface area contributed by atoms with E-state index in [1.54, 1.807) is 4.90 Å². The number of rotatable bonds is 3. The Morgan fingerprint density at radius 2 is 2.12 bits per heavy atom. The summed E-state index contributed by atoms with van der Waals surface area (Å²) in [4.78, 5) is 34.7. The van der Waals surface area contributed by atoms with Crippen LogP contribution in [0, 0.1) is 0 Å². The van der Waals surface area contributed by atoms with Gasteiger partial charge in [-0.25, -0.2) is 0 Å². The number of nitrogens with zero attached hydrogens (tertiary/aromatic N) is 1. The number of hydrogen-bond donors (Lipinski definition) is 2. The standard InChI is InChI=1S/C10H12N2O4.Na.H/c13-6(14)2-5-12-4-1-3-11-7-8(12)10(16)9(7)15;;/h11H,1-5H2,(H,13,14);;/q;+1;-1. The Labute approximate surface area is 121 Å². The van der Waals surface area contributed by atoms with E-state index < -0.39 is 16.8 Å². The summed E-state index contributed by atoms with van der Waals surface area (Å²) in [6, 6.07) is 0. The Morgan fingerprint density at radius 3 is 2.76 bits per heavy atom. The zero-order chi connectivity index (χ0) is 11.7. The molecule has 7 heteroatoms. The normalized spacial score (nSPS) is 14.5. The molecule has 1 aromatic carbocycles. The van der Waals surface area contributed by atoms with Crippen LogP contribution in [0.4, 0.5) is 11.4 Å². The maximum Gasteiger partial charge on any atom is 1.00 e. The van der Waals surface area contributed by atoms with Gasteiger partial charge >= 0.3 is 35.5 Å². The van der Waals surface area contributed by atoms with Crippen LogP contribution in [0.2, 0.25) is 0 Å². The van der Waals surface area contributed by atoms with Crippen LogP contribution in [0.15, 0.2) is 9.59 Å². The van der Waals surface area contributed by atoms with Crippen molar-refractivity contribution in [2.45, 2.75) is 12.8 Å². The minimum atomic E-state index is -0.905. The predicted molar refractivity (Wildman–Crippen MR) is 60.0 cm³/mol. The van der Waals surface area contributed by atoms with Crippen molar-refractivity contribution in [3.05, 3.63) is 20.4 Å². The summed E-state index contributed by atoms with van der Waals surface area (Å²) < 4.78 is 0. The van der Waals surface area contributed by atoms with Gasteiger partial charge in [0.25, 0.3) is 10.9 Å². The molecule has 1 aliphatic heterocycles. The van der Waals surface area contributed by atoms with Gasteiger partial charge < -0.3 is 16.7 Å². The Hall–Kier alpha value is -0.850. The third kappa shape index (κ3) is 2.70.